The van der Waals surface area contributed by atoms with E-state index in [4.69, 9.17) is 21.1 Å². The molecule has 164 valence electrons. The second kappa shape index (κ2) is 7.12. The van der Waals surface area contributed by atoms with Crippen LogP contribution in [0.5, 0.6) is 5.75 Å². The van der Waals surface area contributed by atoms with Crippen molar-refractivity contribution in [2.75, 3.05) is 6.61 Å². The number of pyridine rings is 1. The molecule has 2 unspecified atom stereocenters. The Bertz CT molecular complexity index is 1130. The first-order valence-electron chi connectivity index (χ1n) is 10.0. The van der Waals surface area contributed by atoms with Gasteiger partial charge < -0.3 is 14.6 Å². The van der Waals surface area contributed by atoms with E-state index in [1.165, 1.54) is 0 Å². The molecule has 3 atom stereocenters. The van der Waals surface area contributed by atoms with Gasteiger partial charge in [0.25, 0.3) is 0 Å². The molecule has 1 saturated carbocycles. The Kier molecular flexibility index (Phi) is 4.73. The number of halogens is 4. The van der Waals surface area contributed by atoms with Crippen LogP contribution >= 0.6 is 11.6 Å². The van der Waals surface area contributed by atoms with E-state index in [2.05, 4.69) is 4.98 Å². The van der Waals surface area contributed by atoms with Crippen LogP contribution in [-0.2, 0) is 10.3 Å². The molecule has 3 aromatic rings. The van der Waals surface area contributed by atoms with Crippen LogP contribution in [0.3, 0.4) is 0 Å². The first-order chi connectivity index (χ1) is 14.7. The lowest BCUT2D eigenvalue weighted by molar-refractivity contribution is -0.249. The average molecular weight is 453 g/mol. The largest absolute Gasteiger partial charge is 0.479 e. The summed E-state index contributed by atoms with van der Waals surface area (Å²) < 4.78 is 53.1. The van der Waals surface area contributed by atoms with Crippen molar-refractivity contribution in [1.82, 2.24) is 9.38 Å². The van der Waals surface area contributed by atoms with Gasteiger partial charge in [0.2, 0.25) is 0 Å². The van der Waals surface area contributed by atoms with Crippen molar-refractivity contribution >= 4 is 17.2 Å². The number of hydrogen-bond acceptors (Lipinski definition) is 4. The number of aromatic nitrogens is 2. The van der Waals surface area contributed by atoms with E-state index in [0.717, 1.165) is 0 Å². The monoisotopic (exact) mass is 452 g/mol. The Balaban J connectivity index is 1.74. The maximum absolute atomic E-state index is 13.2. The summed E-state index contributed by atoms with van der Waals surface area (Å²) in [6, 6.07) is 10.5. The number of ether oxygens (including phenoxy) is 2. The fourth-order valence-electron chi connectivity index (χ4n) is 4.52. The minimum absolute atomic E-state index is 0.271. The van der Waals surface area contributed by atoms with E-state index >= 15 is 0 Å². The molecule has 1 aliphatic heterocycles. The zero-order valence-electron chi connectivity index (χ0n) is 16.6. The smallest absolute Gasteiger partial charge is 0.411 e. The molecule has 5 rings (SSSR count). The number of alkyl halides is 3. The van der Waals surface area contributed by atoms with Crippen LogP contribution in [0.2, 0.25) is 5.15 Å². The van der Waals surface area contributed by atoms with Crippen LogP contribution in [0, 0.1) is 12.8 Å². The maximum Gasteiger partial charge on any atom is 0.411 e. The fourth-order valence-corrected chi connectivity index (χ4v) is 4.69. The molecule has 1 N–H and O–H groups in total. The molecule has 1 aromatic carbocycles. The standard InChI is InChI=1S/C22H20ClF3N2O3/c1-12-19(23)28-10-9-15-17(20(28)27-12)31-16(13-5-3-2-4-6-13)18(29)22(15,14-7-8-14)30-11-21(24,25)26/h2-6,9-10,14,16,18,29H,7-8,11H2,1H3/t16-,18?,22?/m1/s1. The van der Waals surface area contributed by atoms with Crippen molar-refractivity contribution in [3.63, 3.8) is 0 Å². The summed E-state index contributed by atoms with van der Waals surface area (Å²) in [5.41, 5.74) is 0.381. The molecule has 0 saturated heterocycles. The van der Waals surface area contributed by atoms with Crippen molar-refractivity contribution in [1.29, 1.82) is 0 Å². The third kappa shape index (κ3) is 3.28. The summed E-state index contributed by atoms with van der Waals surface area (Å²) in [4.78, 5) is 4.48. The van der Waals surface area contributed by atoms with Gasteiger partial charge in [0.1, 0.15) is 23.5 Å². The normalized spacial score (nSPS) is 26.0. The SMILES string of the molecule is Cc1nc2c3c(ccn2c1Cl)C(OCC(F)(F)F)(C1CC1)C(O)[C@@H](c1ccccc1)O3. The second-order valence-electron chi connectivity index (χ2n) is 8.11. The first kappa shape index (κ1) is 20.6. The van der Waals surface area contributed by atoms with Crippen LogP contribution in [0.4, 0.5) is 13.2 Å². The molecule has 2 aromatic heterocycles. The van der Waals surface area contributed by atoms with Gasteiger partial charge in [-0.25, -0.2) is 4.98 Å². The number of imidazole rings is 1. The van der Waals surface area contributed by atoms with Gasteiger partial charge in [-0.1, -0.05) is 41.9 Å². The minimum atomic E-state index is -4.54. The highest BCUT2D eigenvalue weighted by atomic mass is 35.5. The van der Waals surface area contributed by atoms with Crippen LogP contribution in [0.15, 0.2) is 42.6 Å². The molecule has 1 aliphatic carbocycles. The number of hydrogen-bond donors (Lipinski definition) is 1. The highest BCUT2D eigenvalue weighted by Gasteiger charge is 2.60. The molecule has 0 spiro atoms. The predicted molar refractivity (Wildman–Crippen MR) is 107 cm³/mol. The van der Waals surface area contributed by atoms with Gasteiger partial charge in [-0.05, 0) is 37.3 Å². The second-order valence-corrected chi connectivity index (χ2v) is 8.46. The molecule has 5 nitrogen and oxygen atoms in total. The van der Waals surface area contributed by atoms with Crippen LogP contribution in [0.1, 0.15) is 35.8 Å². The minimum Gasteiger partial charge on any atom is -0.479 e. The van der Waals surface area contributed by atoms with Crippen molar-refractivity contribution in [3.05, 3.63) is 64.6 Å². The van der Waals surface area contributed by atoms with Crippen molar-refractivity contribution in [3.8, 4) is 5.75 Å². The van der Waals surface area contributed by atoms with Gasteiger partial charge in [-0.2, -0.15) is 13.2 Å². The average Bonchev–Trinajstić information content (AvgIpc) is 3.54. The number of aliphatic hydroxyl groups is 1. The quantitative estimate of drug-likeness (QED) is 0.607. The van der Waals surface area contributed by atoms with Crippen LogP contribution < -0.4 is 4.74 Å². The fraction of sp³-hybridized carbons (Fsp3) is 0.409. The highest BCUT2D eigenvalue weighted by molar-refractivity contribution is 6.30. The molecular formula is C22H20ClF3N2O3. The highest BCUT2D eigenvalue weighted by Crippen LogP contribution is 2.58. The maximum atomic E-state index is 13.2. The van der Waals surface area contributed by atoms with Crippen molar-refractivity contribution < 1.29 is 27.8 Å². The summed E-state index contributed by atoms with van der Waals surface area (Å²) in [6.45, 7) is 0.267. The summed E-state index contributed by atoms with van der Waals surface area (Å²) >= 11 is 6.35. The van der Waals surface area contributed by atoms with E-state index in [1.807, 2.05) is 6.07 Å². The van der Waals surface area contributed by atoms with Crippen molar-refractivity contribution in [2.45, 2.75) is 43.8 Å². The van der Waals surface area contributed by atoms with Gasteiger partial charge in [0, 0.05) is 11.8 Å². The molecule has 0 radical (unpaired) electrons. The summed E-state index contributed by atoms with van der Waals surface area (Å²) in [7, 11) is 0. The van der Waals surface area contributed by atoms with Crippen LogP contribution in [0.25, 0.3) is 5.65 Å². The van der Waals surface area contributed by atoms with E-state index in [9.17, 15) is 18.3 Å². The third-order valence-electron chi connectivity index (χ3n) is 6.03. The zero-order valence-corrected chi connectivity index (χ0v) is 17.3. The van der Waals surface area contributed by atoms with E-state index in [0.29, 0.717) is 40.5 Å². The van der Waals surface area contributed by atoms with E-state index in [-0.39, 0.29) is 11.7 Å². The summed E-state index contributed by atoms with van der Waals surface area (Å²) in [5, 5.41) is 11.8. The summed E-state index contributed by atoms with van der Waals surface area (Å²) in [6.07, 6.45) is -3.89. The Morgan fingerprint density at radius 3 is 2.61 bits per heavy atom. The zero-order chi connectivity index (χ0) is 22.0. The third-order valence-corrected chi connectivity index (χ3v) is 6.48. The molecule has 1 fully saturated rings. The van der Waals surface area contributed by atoms with Gasteiger partial charge in [-0.3, -0.25) is 4.40 Å². The molecule has 0 amide bonds. The number of aryl methyl sites for hydroxylation is 1. The number of aliphatic hydroxyl groups excluding tert-OH is 1. The van der Waals surface area contributed by atoms with E-state index in [1.54, 1.807) is 47.9 Å². The predicted octanol–water partition coefficient (Wildman–Crippen LogP) is 4.97. The Morgan fingerprint density at radius 1 is 1.26 bits per heavy atom. The molecule has 0 bridgehead atoms. The topological polar surface area (TPSA) is 56.0 Å². The van der Waals surface area contributed by atoms with Gasteiger partial charge in [-0.15, -0.1) is 0 Å². The molecule has 9 heteroatoms. The number of benzene rings is 1. The lowest BCUT2D eigenvalue weighted by Crippen LogP contribution is -2.53. The van der Waals surface area contributed by atoms with Crippen LogP contribution in [-0.4, -0.2) is 33.4 Å². The van der Waals surface area contributed by atoms with Crippen molar-refractivity contribution in [2.24, 2.45) is 5.92 Å². The number of nitrogens with zero attached hydrogens (tertiary/aromatic N) is 2. The first-order valence-corrected chi connectivity index (χ1v) is 10.4. The summed E-state index contributed by atoms with van der Waals surface area (Å²) in [5.74, 6) is 0.0124. The van der Waals surface area contributed by atoms with Gasteiger partial charge in [0.05, 0.1) is 5.69 Å². The molecular weight excluding hydrogens is 433 g/mol. The van der Waals surface area contributed by atoms with Gasteiger partial charge in [0.15, 0.2) is 17.5 Å². The molecule has 2 aliphatic rings. The van der Waals surface area contributed by atoms with E-state index < -0.39 is 30.6 Å². The van der Waals surface area contributed by atoms with Gasteiger partial charge >= 0.3 is 6.18 Å². The molecule has 3 heterocycles. The number of fused-ring (bicyclic) bond motifs is 3. The molecule has 31 heavy (non-hydrogen) atoms. The Morgan fingerprint density at radius 2 is 1.97 bits per heavy atom. The Hall–Kier alpha value is -2.29. The lowest BCUT2D eigenvalue weighted by Gasteiger charge is -2.46. The number of rotatable bonds is 4. The lowest BCUT2D eigenvalue weighted by atomic mass is 9.77. The Labute approximate surface area is 181 Å².